The van der Waals surface area contributed by atoms with Gasteiger partial charge in [-0.05, 0) is 56.3 Å². The fourth-order valence-electron chi connectivity index (χ4n) is 3.14. The number of rotatable bonds is 5. The molecule has 1 fully saturated rings. The Morgan fingerprint density at radius 3 is 2.57 bits per heavy atom. The number of ether oxygens (including phenoxy) is 1. The monoisotopic (exact) mass is 306 g/mol. The van der Waals surface area contributed by atoms with Crippen molar-refractivity contribution in [3.63, 3.8) is 0 Å². The molecular formula is C17H26N2OS. The third-order valence-electron chi connectivity index (χ3n) is 4.57. The first-order valence-corrected chi connectivity index (χ1v) is 8.09. The predicted octanol–water partition coefficient (Wildman–Crippen LogP) is 3.34. The molecule has 3 nitrogen and oxygen atoms in total. The molecule has 0 amide bonds. The fourth-order valence-corrected chi connectivity index (χ4v) is 3.31. The van der Waals surface area contributed by atoms with Crippen LogP contribution in [0.2, 0.25) is 0 Å². The van der Waals surface area contributed by atoms with E-state index in [1.54, 1.807) is 7.11 Å². The van der Waals surface area contributed by atoms with E-state index in [4.69, 9.17) is 22.7 Å². The lowest BCUT2D eigenvalue weighted by Crippen LogP contribution is -2.34. The van der Waals surface area contributed by atoms with Crippen molar-refractivity contribution in [3.8, 4) is 5.75 Å². The average Bonchev–Trinajstić information content (AvgIpc) is 2.47. The van der Waals surface area contributed by atoms with E-state index in [-0.39, 0.29) is 0 Å². The molecule has 21 heavy (non-hydrogen) atoms. The van der Waals surface area contributed by atoms with Gasteiger partial charge < -0.3 is 10.5 Å². The number of nitrogens with two attached hydrogens (primary N) is 1. The van der Waals surface area contributed by atoms with E-state index in [1.807, 2.05) is 6.07 Å². The van der Waals surface area contributed by atoms with Gasteiger partial charge >= 0.3 is 0 Å². The maximum absolute atomic E-state index is 5.71. The number of hydrogen-bond donors (Lipinski definition) is 1. The van der Waals surface area contributed by atoms with Crippen molar-refractivity contribution in [2.45, 2.75) is 45.2 Å². The number of methoxy groups -OCH3 is 1. The molecule has 1 aliphatic rings. The van der Waals surface area contributed by atoms with Gasteiger partial charge in [-0.25, -0.2) is 0 Å². The first-order valence-electron chi connectivity index (χ1n) is 7.68. The molecule has 0 atom stereocenters. The molecule has 1 aromatic carbocycles. The summed E-state index contributed by atoms with van der Waals surface area (Å²) in [5, 5.41) is 0. The highest BCUT2D eigenvalue weighted by molar-refractivity contribution is 7.80. The average molecular weight is 306 g/mol. The van der Waals surface area contributed by atoms with Crippen LogP contribution in [0.25, 0.3) is 0 Å². The summed E-state index contributed by atoms with van der Waals surface area (Å²) in [5.41, 5.74) is 7.77. The van der Waals surface area contributed by atoms with Crippen LogP contribution in [0.4, 0.5) is 0 Å². The standard InChI is InChI=1S/C17H26N2OS/c1-12-4-7-14(8-5-12)19(2)11-13-6-9-15(17(18)21)16(10-13)20-3/h6,9-10,12,14H,4-5,7-8,11H2,1-3H3,(H2,18,21). The minimum absolute atomic E-state index is 0.382. The van der Waals surface area contributed by atoms with Gasteiger partial charge in [0.1, 0.15) is 10.7 Å². The number of benzene rings is 1. The van der Waals surface area contributed by atoms with Gasteiger partial charge in [-0.3, -0.25) is 4.90 Å². The minimum atomic E-state index is 0.382. The largest absolute Gasteiger partial charge is 0.496 e. The van der Waals surface area contributed by atoms with Crippen LogP contribution < -0.4 is 10.5 Å². The molecule has 0 aliphatic heterocycles. The first-order chi connectivity index (χ1) is 10.0. The molecule has 0 aromatic heterocycles. The molecule has 0 bridgehead atoms. The Labute approximate surface area is 133 Å². The topological polar surface area (TPSA) is 38.5 Å². The lowest BCUT2D eigenvalue weighted by Gasteiger charge is -2.33. The number of hydrogen-bond acceptors (Lipinski definition) is 3. The molecule has 2 N–H and O–H groups in total. The van der Waals surface area contributed by atoms with Crippen LogP contribution in [-0.4, -0.2) is 30.1 Å². The Bertz CT molecular complexity index is 496. The van der Waals surface area contributed by atoms with Crippen LogP contribution in [0.3, 0.4) is 0 Å². The Morgan fingerprint density at radius 1 is 1.33 bits per heavy atom. The van der Waals surface area contributed by atoms with E-state index in [9.17, 15) is 0 Å². The predicted molar refractivity (Wildman–Crippen MR) is 91.8 cm³/mol. The quantitative estimate of drug-likeness (QED) is 0.847. The maximum atomic E-state index is 5.71. The molecule has 0 heterocycles. The van der Waals surface area contributed by atoms with E-state index >= 15 is 0 Å². The zero-order valence-corrected chi connectivity index (χ0v) is 14.1. The first kappa shape index (κ1) is 16.2. The second kappa shape index (κ2) is 7.23. The number of thiocarbonyl (C=S) groups is 1. The van der Waals surface area contributed by atoms with Crippen molar-refractivity contribution in [3.05, 3.63) is 29.3 Å². The van der Waals surface area contributed by atoms with Crippen LogP contribution >= 0.6 is 12.2 Å². The van der Waals surface area contributed by atoms with Gasteiger partial charge in [-0.15, -0.1) is 0 Å². The lowest BCUT2D eigenvalue weighted by molar-refractivity contribution is 0.164. The summed E-state index contributed by atoms with van der Waals surface area (Å²) in [7, 11) is 3.88. The van der Waals surface area contributed by atoms with Crippen LogP contribution in [0.5, 0.6) is 5.75 Å². The Hall–Kier alpha value is -1.13. The van der Waals surface area contributed by atoms with Gasteiger partial charge in [-0.1, -0.05) is 25.2 Å². The molecule has 1 saturated carbocycles. The normalized spacial score (nSPS) is 22.3. The van der Waals surface area contributed by atoms with E-state index in [0.717, 1.165) is 23.8 Å². The highest BCUT2D eigenvalue weighted by Crippen LogP contribution is 2.28. The molecule has 1 aromatic rings. The fraction of sp³-hybridized carbons (Fsp3) is 0.588. The summed E-state index contributed by atoms with van der Waals surface area (Å²) < 4.78 is 5.40. The third kappa shape index (κ3) is 4.17. The second-order valence-electron chi connectivity index (χ2n) is 6.23. The molecule has 0 saturated heterocycles. The van der Waals surface area contributed by atoms with Gasteiger partial charge in [0.15, 0.2) is 0 Å². The van der Waals surface area contributed by atoms with Crippen molar-refractivity contribution in [2.24, 2.45) is 11.7 Å². The van der Waals surface area contributed by atoms with Crippen LogP contribution in [0.15, 0.2) is 18.2 Å². The van der Waals surface area contributed by atoms with Crippen molar-refractivity contribution >= 4 is 17.2 Å². The van der Waals surface area contributed by atoms with Crippen LogP contribution in [-0.2, 0) is 6.54 Å². The third-order valence-corrected chi connectivity index (χ3v) is 4.79. The summed E-state index contributed by atoms with van der Waals surface area (Å²) in [6.07, 6.45) is 5.30. The lowest BCUT2D eigenvalue weighted by atomic mass is 9.86. The van der Waals surface area contributed by atoms with Crippen molar-refractivity contribution in [1.29, 1.82) is 0 Å². The molecule has 1 aliphatic carbocycles. The van der Waals surface area contributed by atoms with Crippen molar-refractivity contribution in [2.75, 3.05) is 14.2 Å². The molecule has 0 unspecified atom stereocenters. The summed E-state index contributed by atoms with van der Waals surface area (Å²) in [6.45, 7) is 3.29. The van der Waals surface area contributed by atoms with Gasteiger partial charge in [0, 0.05) is 12.6 Å². The van der Waals surface area contributed by atoms with E-state index in [0.29, 0.717) is 11.0 Å². The van der Waals surface area contributed by atoms with Gasteiger partial charge in [0.25, 0.3) is 0 Å². The van der Waals surface area contributed by atoms with E-state index < -0.39 is 0 Å². The number of nitrogens with zero attached hydrogens (tertiary/aromatic N) is 1. The molecule has 0 radical (unpaired) electrons. The zero-order valence-electron chi connectivity index (χ0n) is 13.3. The molecule has 4 heteroatoms. The Balaban J connectivity index is 2.03. The van der Waals surface area contributed by atoms with E-state index in [2.05, 4.69) is 31.0 Å². The van der Waals surface area contributed by atoms with Gasteiger partial charge in [-0.2, -0.15) is 0 Å². The summed E-state index contributed by atoms with van der Waals surface area (Å²) in [5.74, 6) is 1.66. The maximum Gasteiger partial charge on any atom is 0.129 e. The Morgan fingerprint density at radius 2 is 2.00 bits per heavy atom. The molecule has 116 valence electrons. The van der Waals surface area contributed by atoms with Crippen LogP contribution in [0.1, 0.15) is 43.7 Å². The summed E-state index contributed by atoms with van der Waals surface area (Å²) in [6, 6.07) is 6.81. The zero-order chi connectivity index (χ0) is 15.4. The molecule has 0 spiro atoms. The molecule has 2 rings (SSSR count). The van der Waals surface area contributed by atoms with Crippen molar-refractivity contribution < 1.29 is 4.74 Å². The second-order valence-corrected chi connectivity index (χ2v) is 6.67. The Kier molecular flexibility index (Phi) is 5.59. The summed E-state index contributed by atoms with van der Waals surface area (Å²) in [4.78, 5) is 2.84. The minimum Gasteiger partial charge on any atom is -0.496 e. The smallest absolute Gasteiger partial charge is 0.129 e. The molecular weight excluding hydrogens is 280 g/mol. The summed E-state index contributed by atoms with van der Waals surface area (Å²) >= 11 is 5.05. The van der Waals surface area contributed by atoms with Gasteiger partial charge in [0.2, 0.25) is 0 Å². The highest BCUT2D eigenvalue weighted by atomic mass is 32.1. The SMILES string of the molecule is COc1cc(CN(C)C2CCC(C)CC2)ccc1C(N)=S. The van der Waals surface area contributed by atoms with Crippen LogP contribution in [0, 0.1) is 5.92 Å². The van der Waals surface area contributed by atoms with Crippen molar-refractivity contribution in [1.82, 2.24) is 4.90 Å². The highest BCUT2D eigenvalue weighted by Gasteiger charge is 2.21. The van der Waals surface area contributed by atoms with E-state index in [1.165, 1.54) is 31.2 Å². The van der Waals surface area contributed by atoms with Gasteiger partial charge in [0.05, 0.1) is 12.7 Å².